The Hall–Kier alpha value is -0.380. The van der Waals surface area contributed by atoms with Crippen LogP contribution in [0.2, 0.25) is 0 Å². The zero-order valence-electron chi connectivity index (χ0n) is 9.99. The summed E-state index contributed by atoms with van der Waals surface area (Å²) in [6, 6.07) is 0. The standard InChI is InChI=1S/C11H21NO2S/c1-8-5-6-12(9(15)7-8)10(13)14-11(2,3)4/h8-9,15H,5-7H2,1-4H3. The Balaban J connectivity index is 2.53. The van der Waals surface area contributed by atoms with Crippen LogP contribution in [0, 0.1) is 5.92 Å². The van der Waals surface area contributed by atoms with Crippen molar-refractivity contribution in [3.05, 3.63) is 0 Å². The third kappa shape index (κ3) is 3.93. The number of thiol groups is 1. The molecule has 1 heterocycles. The fraction of sp³-hybridized carbons (Fsp3) is 0.909. The number of hydrogen-bond acceptors (Lipinski definition) is 3. The zero-order chi connectivity index (χ0) is 11.6. The van der Waals surface area contributed by atoms with E-state index in [9.17, 15) is 4.79 Å². The molecule has 1 aliphatic heterocycles. The van der Waals surface area contributed by atoms with Gasteiger partial charge in [0, 0.05) is 6.54 Å². The highest BCUT2D eigenvalue weighted by Gasteiger charge is 2.30. The number of piperidine rings is 1. The second kappa shape index (κ2) is 4.64. The van der Waals surface area contributed by atoms with E-state index in [0.29, 0.717) is 5.92 Å². The summed E-state index contributed by atoms with van der Waals surface area (Å²) < 4.78 is 5.32. The molecule has 1 amide bonds. The van der Waals surface area contributed by atoms with Crippen LogP contribution in [0.5, 0.6) is 0 Å². The maximum absolute atomic E-state index is 11.8. The van der Waals surface area contributed by atoms with Gasteiger partial charge in [-0.25, -0.2) is 4.79 Å². The highest BCUT2D eigenvalue weighted by molar-refractivity contribution is 7.80. The van der Waals surface area contributed by atoms with Crippen molar-refractivity contribution in [2.75, 3.05) is 6.54 Å². The number of likely N-dealkylation sites (tertiary alicyclic amines) is 1. The van der Waals surface area contributed by atoms with Gasteiger partial charge >= 0.3 is 6.09 Å². The normalized spacial score (nSPS) is 27.7. The van der Waals surface area contributed by atoms with Gasteiger partial charge in [0.15, 0.2) is 0 Å². The molecule has 2 unspecified atom stereocenters. The fourth-order valence-electron chi connectivity index (χ4n) is 1.65. The number of nitrogens with zero attached hydrogens (tertiary/aromatic N) is 1. The quantitative estimate of drug-likeness (QED) is 0.650. The molecule has 2 atom stereocenters. The van der Waals surface area contributed by atoms with Crippen LogP contribution >= 0.6 is 12.6 Å². The summed E-state index contributed by atoms with van der Waals surface area (Å²) in [5.41, 5.74) is -0.423. The monoisotopic (exact) mass is 231 g/mol. The number of rotatable bonds is 0. The minimum Gasteiger partial charge on any atom is -0.444 e. The van der Waals surface area contributed by atoms with Crippen LogP contribution in [0.3, 0.4) is 0 Å². The summed E-state index contributed by atoms with van der Waals surface area (Å²) >= 11 is 4.43. The van der Waals surface area contributed by atoms with Crippen LogP contribution in [0.1, 0.15) is 40.5 Å². The van der Waals surface area contributed by atoms with Crippen molar-refractivity contribution in [2.24, 2.45) is 5.92 Å². The lowest BCUT2D eigenvalue weighted by Crippen LogP contribution is -2.45. The molecule has 1 saturated heterocycles. The average Bonchev–Trinajstić information content (AvgIpc) is 1.99. The van der Waals surface area contributed by atoms with Crippen molar-refractivity contribution in [1.29, 1.82) is 0 Å². The summed E-state index contributed by atoms with van der Waals surface area (Å²) in [4.78, 5) is 13.5. The minimum absolute atomic E-state index is 0.00333. The van der Waals surface area contributed by atoms with E-state index in [1.54, 1.807) is 4.90 Å². The van der Waals surface area contributed by atoms with Gasteiger partial charge in [-0.1, -0.05) is 6.92 Å². The molecule has 0 spiro atoms. The molecule has 3 nitrogen and oxygen atoms in total. The molecule has 0 bridgehead atoms. The maximum Gasteiger partial charge on any atom is 0.411 e. The summed E-state index contributed by atoms with van der Waals surface area (Å²) in [7, 11) is 0. The molecule has 0 aliphatic carbocycles. The third-order valence-corrected chi connectivity index (χ3v) is 2.95. The Morgan fingerprint density at radius 1 is 1.47 bits per heavy atom. The van der Waals surface area contributed by atoms with E-state index in [1.807, 2.05) is 20.8 Å². The Labute approximate surface area is 97.6 Å². The summed E-state index contributed by atoms with van der Waals surface area (Å²) in [5, 5.41) is 0.00333. The Morgan fingerprint density at radius 2 is 2.07 bits per heavy atom. The van der Waals surface area contributed by atoms with Gasteiger partial charge in [0.25, 0.3) is 0 Å². The number of carbonyl (C=O) groups excluding carboxylic acids is 1. The molecule has 1 fully saturated rings. The predicted molar refractivity (Wildman–Crippen MR) is 64.1 cm³/mol. The van der Waals surface area contributed by atoms with Gasteiger partial charge in [0.1, 0.15) is 5.60 Å². The smallest absolute Gasteiger partial charge is 0.411 e. The molecule has 0 saturated carbocycles. The lowest BCUT2D eigenvalue weighted by Gasteiger charge is -2.36. The summed E-state index contributed by atoms with van der Waals surface area (Å²) in [5.74, 6) is 0.645. The van der Waals surface area contributed by atoms with Gasteiger partial charge in [-0.3, -0.25) is 4.90 Å². The molecule has 0 aromatic heterocycles. The van der Waals surface area contributed by atoms with Gasteiger partial charge in [-0.05, 0) is 39.5 Å². The molecule has 4 heteroatoms. The average molecular weight is 231 g/mol. The molecule has 1 aliphatic rings. The largest absolute Gasteiger partial charge is 0.444 e. The molecular weight excluding hydrogens is 210 g/mol. The maximum atomic E-state index is 11.8. The molecule has 15 heavy (non-hydrogen) atoms. The second-order valence-electron chi connectivity index (χ2n) is 5.28. The first-order chi connectivity index (χ1) is 6.79. The summed E-state index contributed by atoms with van der Waals surface area (Å²) in [6.45, 7) is 8.58. The van der Waals surface area contributed by atoms with Crippen LogP contribution in [0.25, 0.3) is 0 Å². The first-order valence-corrected chi connectivity index (χ1v) is 5.99. The van der Waals surface area contributed by atoms with Crippen LogP contribution in [-0.4, -0.2) is 28.5 Å². The van der Waals surface area contributed by atoms with Crippen molar-refractivity contribution in [3.8, 4) is 0 Å². The number of amides is 1. The van der Waals surface area contributed by atoms with Crippen LogP contribution in [0.15, 0.2) is 0 Å². The van der Waals surface area contributed by atoms with Crippen molar-refractivity contribution in [2.45, 2.75) is 51.5 Å². The van der Waals surface area contributed by atoms with Gasteiger partial charge in [0.05, 0.1) is 5.37 Å². The Kier molecular flexibility index (Phi) is 3.93. The van der Waals surface area contributed by atoms with E-state index in [-0.39, 0.29) is 11.5 Å². The van der Waals surface area contributed by atoms with E-state index in [0.717, 1.165) is 19.4 Å². The van der Waals surface area contributed by atoms with Gasteiger partial charge in [-0.15, -0.1) is 0 Å². The van der Waals surface area contributed by atoms with Gasteiger partial charge in [-0.2, -0.15) is 12.6 Å². The number of hydrogen-bond donors (Lipinski definition) is 1. The second-order valence-corrected chi connectivity index (χ2v) is 5.88. The SMILES string of the molecule is CC1CCN(C(=O)OC(C)(C)C)C(S)C1. The first kappa shape index (κ1) is 12.7. The molecule has 0 N–H and O–H groups in total. The highest BCUT2D eigenvalue weighted by Crippen LogP contribution is 2.26. The Morgan fingerprint density at radius 3 is 2.53 bits per heavy atom. The van der Waals surface area contributed by atoms with Crippen molar-refractivity contribution < 1.29 is 9.53 Å². The van der Waals surface area contributed by atoms with Crippen LogP contribution in [0.4, 0.5) is 4.79 Å². The molecule has 0 aromatic rings. The lowest BCUT2D eigenvalue weighted by molar-refractivity contribution is 0.0158. The number of carbonyl (C=O) groups is 1. The first-order valence-electron chi connectivity index (χ1n) is 5.47. The molecule has 1 rings (SSSR count). The van der Waals surface area contributed by atoms with Gasteiger partial charge < -0.3 is 4.74 Å². The Bertz CT molecular complexity index is 237. The molecule has 88 valence electrons. The highest BCUT2D eigenvalue weighted by atomic mass is 32.1. The molecular formula is C11H21NO2S. The van der Waals surface area contributed by atoms with Crippen molar-refractivity contribution in [1.82, 2.24) is 4.90 Å². The van der Waals surface area contributed by atoms with Crippen LogP contribution in [-0.2, 0) is 4.74 Å². The summed E-state index contributed by atoms with van der Waals surface area (Å²) in [6.07, 6.45) is 1.74. The van der Waals surface area contributed by atoms with Crippen LogP contribution < -0.4 is 0 Å². The van der Waals surface area contributed by atoms with Crippen molar-refractivity contribution in [3.63, 3.8) is 0 Å². The molecule has 0 radical (unpaired) electrons. The van der Waals surface area contributed by atoms with E-state index < -0.39 is 5.60 Å². The fourth-order valence-corrected chi connectivity index (χ4v) is 2.22. The third-order valence-electron chi connectivity index (χ3n) is 2.46. The zero-order valence-corrected chi connectivity index (χ0v) is 10.9. The lowest BCUT2D eigenvalue weighted by atomic mass is 9.99. The molecule has 0 aromatic carbocycles. The van der Waals surface area contributed by atoms with E-state index >= 15 is 0 Å². The number of ether oxygens (including phenoxy) is 1. The van der Waals surface area contributed by atoms with E-state index in [2.05, 4.69) is 19.6 Å². The van der Waals surface area contributed by atoms with Crippen molar-refractivity contribution >= 4 is 18.7 Å². The van der Waals surface area contributed by atoms with Gasteiger partial charge in [0.2, 0.25) is 0 Å². The topological polar surface area (TPSA) is 29.5 Å². The van der Waals surface area contributed by atoms with E-state index in [4.69, 9.17) is 4.74 Å². The minimum atomic E-state index is -0.423. The van der Waals surface area contributed by atoms with E-state index in [1.165, 1.54) is 0 Å². The predicted octanol–water partition coefficient (Wildman–Crippen LogP) is 2.91.